The highest BCUT2D eigenvalue weighted by atomic mass is 32.1. The molecule has 0 bridgehead atoms. The summed E-state index contributed by atoms with van der Waals surface area (Å²) in [7, 11) is 0. The van der Waals surface area contributed by atoms with Crippen LogP contribution in [0.5, 0.6) is 5.75 Å². The maximum absolute atomic E-state index is 13.0. The molecule has 9 heteroatoms. The molecule has 0 radical (unpaired) electrons. The number of anilines is 2. The zero-order valence-corrected chi connectivity index (χ0v) is 19.9. The van der Waals surface area contributed by atoms with Crippen LogP contribution in [0.3, 0.4) is 0 Å². The number of aromatic nitrogens is 2. The van der Waals surface area contributed by atoms with Gasteiger partial charge in [-0.3, -0.25) is 9.79 Å². The Morgan fingerprint density at radius 1 is 1.32 bits per heavy atom. The molecule has 2 N–H and O–H groups in total. The Hall–Kier alpha value is -3.04. The van der Waals surface area contributed by atoms with Crippen LogP contribution in [0.25, 0.3) is 10.2 Å². The molecule has 1 saturated heterocycles. The highest BCUT2D eigenvalue weighted by Crippen LogP contribution is 2.42. The Balaban J connectivity index is 1.31. The first kappa shape index (κ1) is 21.5. The second kappa shape index (κ2) is 8.63. The highest BCUT2D eigenvalue weighted by Gasteiger charge is 2.34. The van der Waals surface area contributed by atoms with E-state index in [0.717, 1.165) is 57.9 Å². The lowest BCUT2D eigenvalue weighted by atomic mass is 9.87. The number of fused-ring (bicyclic) bond motifs is 4. The molecule has 1 aromatic carbocycles. The van der Waals surface area contributed by atoms with Crippen molar-refractivity contribution >= 4 is 45.2 Å². The molecule has 4 heterocycles. The van der Waals surface area contributed by atoms with E-state index < -0.39 is 0 Å². The van der Waals surface area contributed by atoms with Crippen molar-refractivity contribution in [3.8, 4) is 5.75 Å². The van der Waals surface area contributed by atoms with Gasteiger partial charge in [-0.25, -0.2) is 9.97 Å². The molecule has 1 amide bonds. The Labute approximate surface area is 201 Å². The van der Waals surface area contributed by atoms with E-state index in [2.05, 4.69) is 32.4 Å². The molecule has 1 aliphatic carbocycles. The van der Waals surface area contributed by atoms with Gasteiger partial charge < -0.3 is 20.1 Å². The second-order valence-corrected chi connectivity index (χ2v) is 10.2. The van der Waals surface area contributed by atoms with E-state index in [9.17, 15) is 9.90 Å². The van der Waals surface area contributed by atoms with Gasteiger partial charge >= 0.3 is 0 Å². The highest BCUT2D eigenvalue weighted by molar-refractivity contribution is 7.19. The van der Waals surface area contributed by atoms with Crippen LogP contribution in [-0.2, 0) is 24.2 Å². The molecular weight excluding hydrogens is 450 g/mol. The summed E-state index contributed by atoms with van der Waals surface area (Å²) in [6.45, 7) is 4.35. The molecule has 1 unspecified atom stereocenters. The minimum absolute atomic E-state index is 0.0317. The number of benzene rings is 1. The Morgan fingerprint density at radius 3 is 3.06 bits per heavy atom. The number of likely N-dealkylation sites (tertiary alicyclic amines) is 1. The number of amides is 1. The number of nitrogens with zero attached hydrogens (tertiary/aromatic N) is 4. The number of β-amino-alcohol motifs (C(OH)–C–C–N with tert-alkyl or cyclic N) is 1. The predicted octanol–water partition coefficient (Wildman–Crippen LogP) is 3.46. The van der Waals surface area contributed by atoms with Crippen LogP contribution < -0.4 is 10.1 Å². The fourth-order valence-corrected chi connectivity index (χ4v) is 6.52. The molecule has 3 aliphatic rings. The molecule has 6 rings (SSSR count). The fraction of sp³-hybridized carbons (Fsp3) is 0.440. The molecular formula is C25H27N5O3S. The minimum atomic E-state index is -0.386. The van der Waals surface area contributed by atoms with E-state index in [4.69, 9.17) is 4.74 Å². The van der Waals surface area contributed by atoms with E-state index in [1.807, 2.05) is 18.0 Å². The molecule has 0 saturated carbocycles. The maximum atomic E-state index is 13.0. The summed E-state index contributed by atoms with van der Waals surface area (Å²) < 4.78 is 5.92. The Bertz CT molecular complexity index is 1300. The number of aliphatic imine (C=N–C) groups is 1. The van der Waals surface area contributed by atoms with Crippen LogP contribution in [0.2, 0.25) is 0 Å². The zero-order valence-electron chi connectivity index (χ0n) is 19.1. The molecule has 8 nitrogen and oxygen atoms in total. The van der Waals surface area contributed by atoms with Crippen molar-refractivity contribution < 1.29 is 14.6 Å². The van der Waals surface area contributed by atoms with E-state index in [1.54, 1.807) is 17.7 Å². The van der Waals surface area contributed by atoms with Crippen LogP contribution in [0.1, 0.15) is 41.3 Å². The average Bonchev–Trinajstić information content (AvgIpc) is 3.56. The molecule has 3 aromatic rings. The first-order chi connectivity index (χ1) is 16.6. The van der Waals surface area contributed by atoms with Gasteiger partial charge in [0.2, 0.25) is 5.91 Å². The number of aryl methyl sites for hydroxylation is 1. The van der Waals surface area contributed by atoms with Crippen LogP contribution in [0.4, 0.5) is 11.5 Å². The smallest absolute Gasteiger partial charge is 0.226 e. The van der Waals surface area contributed by atoms with Crippen LogP contribution >= 0.6 is 11.3 Å². The van der Waals surface area contributed by atoms with Crippen molar-refractivity contribution in [2.24, 2.45) is 10.9 Å². The molecule has 2 aliphatic heterocycles. The third-order valence-electron chi connectivity index (χ3n) is 6.96. The minimum Gasteiger partial charge on any atom is -0.492 e. The number of thiophene rings is 1. The molecule has 2 atom stereocenters. The molecule has 176 valence electrons. The summed E-state index contributed by atoms with van der Waals surface area (Å²) in [4.78, 5) is 30.5. The molecule has 34 heavy (non-hydrogen) atoms. The summed E-state index contributed by atoms with van der Waals surface area (Å²) in [5, 5.41) is 14.4. The fourth-order valence-electron chi connectivity index (χ4n) is 5.25. The Kier molecular flexibility index (Phi) is 5.45. The molecule has 2 aromatic heterocycles. The second-order valence-electron chi connectivity index (χ2n) is 9.15. The van der Waals surface area contributed by atoms with E-state index in [1.165, 1.54) is 10.4 Å². The summed E-state index contributed by atoms with van der Waals surface area (Å²) in [6, 6.07) is 4.13. The van der Waals surface area contributed by atoms with Gasteiger partial charge in [-0.05, 0) is 61.4 Å². The van der Waals surface area contributed by atoms with E-state index in [0.29, 0.717) is 32.7 Å². The van der Waals surface area contributed by atoms with Crippen molar-refractivity contribution in [3.63, 3.8) is 0 Å². The first-order valence-corrected chi connectivity index (χ1v) is 12.7. The Morgan fingerprint density at radius 2 is 2.24 bits per heavy atom. The largest absolute Gasteiger partial charge is 0.492 e. The van der Waals surface area contributed by atoms with Gasteiger partial charge in [0.05, 0.1) is 30.3 Å². The van der Waals surface area contributed by atoms with E-state index in [-0.39, 0.29) is 17.9 Å². The van der Waals surface area contributed by atoms with Gasteiger partial charge in [0.1, 0.15) is 22.7 Å². The first-order valence-electron chi connectivity index (χ1n) is 11.9. The number of hydrogen-bond acceptors (Lipinski definition) is 8. The lowest BCUT2D eigenvalue weighted by Crippen LogP contribution is -2.37. The van der Waals surface area contributed by atoms with Crippen molar-refractivity contribution in [2.45, 2.75) is 45.3 Å². The number of nitrogens with one attached hydrogen (secondary N) is 1. The predicted molar refractivity (Wildman–Crippen MR) is 132 cm³/mol. The van der Waals surface area contributed by atoms with E-state index >= 15 is 0 Å². The number of ether oxygens (including phenoxy) is 1. The summed E-state index contributed by atoms with van der Waals surface area (Å²) in [5.41, 5.74) is 4.37. The van der Waals surface area contributed by atoms with Crippen molar-refractivity contribution in [1.29, 1.82) is 0 Å². The molecule has 0 spiro atoms. The summed E-state index contributed by atoms with van der Waals surface area (Å²) in [6.07, 6.45) is 6.13. The van der Waals surface area contributed by atoms with Gasteiger partial charge in [-0.15, -0.1) is 11.3 Å². The van der Waals surface area contributed by atoms with Crippen LogP contribution in [-0.4, -0.2) is 57.9 Å². The average molecular weight is 478 g/mol. The number of rotatable bonds is 5. The monoisotopic (exact) mass is 477 g/mol. The van der Waals surface area contributed by atoms with Crippen LogP contribution in [0, 0.1) is 5.92 Å². The molecule has 1 fully saturated rings. The number of carbonyl (C=O) groups is 1. The normalized spacial score (nSPS) is 21.1. The van der Waals surface area contributed by atoms with Gasteiger partial charge in [0.15, 0.2) is 0 Å². The zero-order chi connectivity index (χ0) is 23.2. The SMILES string of the molecule is CCOc1cc2c(cc1Nc1ncnc3sc4c(c13)CCC(C(=O)N1CC[C@@H](O)C1)C4)C=NC2. The summed E-state index contributed by atoms with van der Waals surface area (Å²) >= 11 is 1.66. The summed E-state index contributed by atoms with van der Waals surface area (Å²) in [5.74, 6) is 1.70. The van der Waals surface area contributed by atoms with Gasteiger partial charge in [-0.1, -0.05) is 0 Å². The lowest BCUT2D eigenvalue weighted by Gasteiger charge is -2.26. The third kappa shape index (κ3) is 3.73. The number of hydrogen-bond donors (Lipinski definition) is 2. The van der Waals surface area contributed by atoms with Gasteiger partial charge in [0.25, 0.3) is 0 Å². The third-order valence-corrected chi connectivity index (χ3v) is 8.12. The topological polar surface area (TPSA) is 99.9 Å². The van der Waals surface area contributed by atoms with Crippen molar-refractivity contribution in [2.75, 3.05) is 25.0 Å². The van der Waals surface area contributed by atoms with Crippen molar-refractivity contribution in [1.82, 2.24) is 14.9 Å². The van der Waals surface area contributed by atoms with Crippen molar-refractivity contribution in [3.05, 3.63) is 40.0 Å². The van der Waals surface area contributed by atoms with Gasteiger partial charge in [-0.2, -0.15) is 0 Å². The van der Waals surface area contributed by atoms with Gasteiger partial charge in [0, 0.05) is 30.1 Å². The number of aliphatic hydroxyl groups is 1. The maximum Gasteiger partial charge on any atom is 0.226 e. The standard InChI is InChI=1S/C25H27N5O3S/c1-2-33-20-8-16-11-26-10-15(16)7-19(20)29-23-22-18-4-3-14(25(32)30-6-5-17(31)12-30)9-21(18)34-24(22)28-13-27-23/h7-8,10,13-14,17,31H,2-6,9,11-12H2,1H3,(H,27,28,29)/t14?,17-/m1/s1. The number of aliphatic hydroxyl groups excluding tert-OH is 1. The lowest BCUT2D eigenvalue weighted by molar-refractivity contribution is -0.135. The van der Waals surface area contributed by atoms with Crippen LogP contribution in [0.15, 0.2) is 23.5 Å². The number of carbonyl (C=O) groups excluding carboxylic acids is 1. The quantitative estimate of drug-likeness (QED) is 0.584.